The summed E-state index contributed by atoms with van der Waals surface area (Å²) in [5.41, 5.74) is 1.66. The molecule has 0 radical (unpaired) electrons. The summed E-state index contributed by atoms with van der Waals surface area (Å²) < 4.78 is 7.98. The lowest BCUT2D eigenvalue weighted by Crippen LogP contribution is -2.21. The quantitative estimate of drug-likeness (QED) is 0.505. The van der Waals surface area contributed by atoms with Crippen molar-refractivity contribution < 1.29 is 4.74 Å². The van der Waals surface area contributed by atoms with Crippen LogP contribution in [0.1, 0.15) is 5.82 Å². The first-order chi connectivity index (χ1) is 13.8. The highest BCUT2D eigenvalue weighted by atomic mass is 16.5. The van der Waals surface area contributed by atoms with Crippen LogP contribution in [0.2, 0.25) is 0 Å². The first-order valence-electron chi connectivity index (χ1n) is 8.47. The Bertz CT molecular complexity index is 1350. The number of ether oxygens (including phenoxy) is 1. The number of hydrogen-bond acceptors (Lipinski definition) is 7. The van der Waals surface area contributed by atoms with E-state index in [0.717, 1.165) is 5.56 Å². The van der Waals surface area contributed by atoms with Crippen LogP contribution in [0.3, 0.4) is 0 Å². The second-order valence-corrected chi connectivity index (χ2v) is 6.06. The van der Waals surface area contributed by atoms with Crippen LogP contribution >= 0.6 is 0 Å². The van der Waals surface area contributed by atoms with Crippen molar-refractivity contribution in [3.63, 3.8) is 0 Å². The van der Waals surface area contributed by atoms with E-state index < -0.39 is 0 Å². The molecule has 5 rings (SSSR count). The van der Waals surface area contributed by atoms with Gasteiger partial charge < -0.3 is 4.74 Å². The van der Waals surface area contributed by atoms with Crippen LogP contribution in [0.25, 0.3) is 33.9 Å². The molecule has 10 heteroatoms. The number of pyridine rings is 1. The molecule has 10 nitrogen and oxygen atoms in total. The van der Waals surface area contributed by atoms with E-state index >= 15 is 0 Å². The SMILES string of the molecule is COCc1nc(-n2ccc3nc4ncnn4c(-c4ccccc4)c3c2=O)n[nH]1. The van der Waals surface area contributed by atoms with Crippen LogP contribution in [0, 0.1) is 0 Å². The highest BCUT2D eigenvalue weighted by Gasteiger charge is 2.18. The largest absolute Gasteiger partial charge is 0.377 e. The van der Waals surface area contributed by atoms with Gasteiger partial charge >= 0.3 is 0 Å². The Morgan fingerprint density at radius 1 is 1.14 bits per heavy atom. The average molecular weight is 374 g/mol. The van der Waals surface area contributed by atoms with Gasteiger partial charge in [0.2, 0.25) is 0 Å². The predicted octanol–water partition coefficient (Wildman–Crippen LogP) is 1.36. The van der Waals surface area contributed by atoms with Gasteiger partial charge in [0.15, 0.2) is 5.82 Å². The summed E-state index contributed by atoms with van der Waals surface area (Å²) in [6.07, 6.45) is 3.01. The van der Waals surface area contributed by atoms with Crippen molar-refractivity contribution in [2.75, 3.05) is 7.11 Å². The highest BCUT2D eigenvalue weighted by Crippen LogP contribution is 2.25. The van der Waals surface area contributed by atoms with Crippen molar-refractivity contribution in [1.29, 1.82) is 0 Å². The summed E-state index contributed by atoms with van der Waals surface area (Å²) in [5.74, 6) is 1.18. The van der Waals surface area contributed by atoms with Crippen LogP contribution in [-0.2, 0) is 11.3 Å². The minimum absolute atomic E-state index is 0.233. The fraction of sp³-hybridized carbons (Fsp3) is 0.111. The van der Waals surface area contributed by atoms with E-state index in [-0.39, 0.29) is 18.1 Å². The van der Waals surface area contributed by atoms with Crippen LogP contribution in [0.4, 0.5) is 0 Å². The minimum Gasteiger partial charge on any atom is -0.377 e. The molecule has 0 saturated heterocycles. The van der Waals surface area contributed by atoms with Gasteiger partial charge in [0.1, 0.15) is 12.9 Å². The van der Waals surface area contributed by atoms with Gasteiger partial charge in [-0.05, 0) is 6.07 Å². The van der Waals surface area contributed by atoms with Gasteiger partial charge in [-0.3, -0.25) is 9.89 Å². The Morgan fingerprint density at radius 3 is 2.82 bits per heavy atom. The molecular formula is C18H14N8O2. The first kappa shape index (κ1) is 16.3. The van der Waals surface area contributed by atoms with Gasteiger partial charge in [-0.1, -0.05) is 30.3 Å². The Balaban J connectivity index is 1.84. The predicted molar refractivity (Wildman–Crippen MR) is 100.0 cm³/mol. The lowest BCUT2D eigenvalue weighted by atomic mass is 10.1. The first-order valence-corrected chi connectivity index (χ1v) is 8.47. The summed E-state index contributed by atoms with van der Waals surface area (Å²) in [7, 11) is 1.56. The van der Waals surface area contributed by atoms with Gasteiger partial charge in [0.05, 0.1) is 16.6 Å². The molecule has 0 saturated carbocycles. The molecule has 5 aromatic rings. The third-order valence-electron chi connectivity index (χ3n) is 4.33. The zero-order valence-electron chi connectivity index (χ0n) is 14.8. The zero-order chi connectivity index (χ0) is 19.1. The molecule has 28 heavy (non-hydrogen) atoms. The van der Waals surface area contributed by atoms with E-state index in [9.17, 15) is 4.79 Å². The molecule has 0 fully saturated rings. The van der Waals surface area contributed by atoms with Crippen molar-refractivity contribution in [1.82, 2.24) is 39.3 Å². The Morgan fingerprint density at radius 2 is 2.00 bits per heavy atom. The van der Waals surface area contributed by atoms with E-state index in [4.69, 9.17) is 4.74 Å². The standard InChI is InChI=1S/C18H14N8O2/c1-28-9-13-22-18(24-23-13)25-8-7-12-14(16(25)27)15(11-5-3-2-4-6-11)26-17(21-12)19-10-20-26/h2-8,10H,9H2,1H3,(H,22,23,24). The molecule has 0 aliphatic rings. The maximum Gasteiger partial charge on any atom is 0.269 e. The highest BCUT2D eigenvalue weighted by molar-refractivity contribution is 5.93. The lowest BCUT2D eigenvalue weighted by molar-refractivity contribution is 0.178. The molecule has 0 amide bonds. The number of fused-ring (bicyclic) bond motifs is 2. The molecule has 1 N–H and O–H groups in total. The Kier molecular flexibility index (Phi) is 3.69. The fourth-order valence-corrected chi connectivity index (χ4v) is 3.14. The summed E-state index contributed by atoms with van der Waals surface area (Å²) >= 11 is 0. The van der Waals surface area contributed by atoms with Crippen molar-refractivity contribution in [2.24, 2.45) is 0 Å². The van der Waals surface area contributed by atoms with E-state index in [2.05, 4.69) is 30.2 Å². The number of nitrogens with zero attached hydrogens (tertiary/aromatic N) is 7. The lowest BCUT2D eigenvalue weighted by Gasteiger charge is -2.09. The van der Waals surface area contributed by atoms with E-state index in [0.29, 0.717) is 28.2 Å². The van der Waals surface area contributed by atoms with E-state index in [1.54, 1.807) is 23.9 Å². The molecule has 0 aliphatic heterocycles. The van der Waals surface area contributed by atoms with Crippen LogP contribution < -0.4 is 5.56 Å². The number of rotatable bonds is 4. The number of hydrogen-bond donors (Lipinski definition) is 1. The molecule has 0 atom stereocenters. The number of benzene rings is 1. The maximum absolute atomic E-state index is 13.4. The van der Waals surface area contributed by atoms with Crippen molar-refractivity contribution in [3.05, 3.63) is 65.1 Å². The molecule has 0 unspecified atom stereocenters. The van der Waals surface area contributed by atoms with E-state index in [1.807, 2.05) is 30.3 Å². The molecule has 4 aromatic heterocycles. The van der Waals surface area contributed by atoms with Gasteiger partial charge in [-0.15, -0.1) is 5.10 Å². The van der Waals surface area contributed by atoms with Crippen LogP contribution in [0.5, 0.6) is 0 Å². The summed E-state index contributed by atoms with van der Waals surface area (Å²) in [6.45, 7) is 0.270. The zero-order valence-corrected chi connectivity index (χ0v) is 14.8. The summed E-state index contributed by atoms with van der Waals surface area (Å²) in [6, 6.07) is 11.3. The van der Waals surface area contributed by atoms with Gasteiger partial charge in [-0.25, -0.2) is 9.55 Å². The number of aromatic nitrogens is 8. The number of nitrogens with one attached hydrogen (secondary N) is 1. The van der Waals surface area contributed by atoms with Crippen molar-refractivity contribution >= 4 is 16.7 Å². The number of H-pyrrole nitrogens is 1. The molecule has 0 aliphatic carbocycles. The number of methoxy groups -OCH3 is 1. The molecule has 1 aromatic carbocycles. The van der Waals surface area contributed by atoms with Gasteiger partial charge in [0.25, 0.3) is 17.3 Å². The Labute approximate surface area is 157 Å². The molecule has 0 bridgehead atoms. The average Bonchev–Trinajstić information content (AvgIpc) is 3.37. The molecule has 0 spiro atoms. The summed E-state index contributed by atoms with van der Waals surface area (Å²) in [5, 5.41) is 11.5. The topological polar surface area (TPSA) is 116 Å². The maximum atomic E-state index is 13.4. The summed E-state index contributed by atoms with van der Waals surface area (Å²) in [4.78, 5) is 26.3. The molecule has 4 heterocycles. The van der Waals surface area contributed by atoms with E-state index in [1.165, 1.54) is 10.9 Å². The van der Waals surface area contributed by atoms with Crippen molar-refractivity contribution in [2.45, 2.75) is 6.61 Å². The third kappa shape index (κ3) is 2.47. The normalized spacial score (nSPS) is 11.5. The van der Waals surface area contributed by atoms with Gasteiger partial charge in [-0.2, -0.15) is 19.6 Å². The third-order valence-corrected chi connectivity index (χ3v) is 4.33. The Hall–Kier alpha value is -3.92. The second-order valence-electron chi connectivity index (χ2n) is 6.06. The second kappa shape index (κ2) is 6.35. The monoisotopic (exact) mass is 374 g/mol. The van der Waals surface area contributed by atoms with Crippen LogP contribution in [0.15, 0.2) is 53.7 Å². The van der Waals surface area contributed by atoms with Crippen LogP contribution in [-0.4, -0.2) is 46.4 Å². The molecular weight excluding hydrogens is 360 g/mol. The minimum atomic E-state index is -0.302. The fourth-order valence-electron chi connectivity index (χ4n) is 3.14. The van der Waals surface area contributed by atoms with Crippen molar-refractivity contribution in [3.8, 4) is 17.2 Å². The number of aromatic amines is 1. The smallest absolute Gasteiger partial charge is 0.269 e. The molecule has 138 valence electrons. The van der Waals surface area contributed by atoms with Gasteiger partial charge in [0, 0.05) is 18.9 Å².